The summed E-state index contributed by atoms with van der Waals surface area (Å²) in [5, 5.41) is 51.9. The minimum atomic E-state index is -0.667. The van der Waals surface area contributed by atoms with Crippen molar-refractivity contribution in [3.05, 3.63) is 0 Å². The zero-order chi connectivity index (χ0) is 21.0. The highest BCUT2D eigenvalue weighted by Gasteiger charge is 2.25. The lowest BCUT2D eigenvalue weighted by atomic mass is 9.88. The van der Waals surface area contributed by atoms with Crippen LogP contribution in [0.1, 0.15) is 26.7 Å². The highest BCUT2D eigenvalue weighted by atomic mass is 16.6. The van der Waals surface area contributed by atoms with Gasteiger partial charge in [-0.1, -0.05) is 13.8 Å². The van der Waals surface area contributed by atoms with E-state index in [1.165, 1.54) is 0 Å². The van der Waals surface area contributed by atoms with Gasteiger partial charge in [0.15, 0.2) is 0 Å². The first kappa shape index (κ1) is 28.8. The number of hydrogen-bond acceptors (Lipinski definition) is 9. The van der Waals surface area contributed by atoms with Crippen LogP contribution in [0.15, 0.2) is 0 Å². The summed E-state index contributed by atoms with van der Waals surface area (Å²) in [6.45, 7) is 8.71. The van der Waals surface area contributed by atoms with Gasteiger partial charge in [-0.15, -0.1) is 0 Å². The van der Waals surface area contributed by atoms with Gasteiger partial charge in [0.1, 0.15) is 0 Å². The molecule has 0 saturated carbocycles. The van der Waals surface area contributed by atoms with Crippen molar-refractivity contribution >= 4 is 0 Å². The lowest BCUT2D eigenvalue weighted by Crippen LogP contribution is -2.32. The average Bonchev–Trinajstić information content (AvgIpc) is 3.57. The minimum absolute atomic E-state index is 0.156. The van der Waals surface area contributed by atoms with E-state index in [-0.39, 0.29) is 39.6 Å². The Morgan fingerprint density at radius 1 is 0.481 bits per heavy atom. The molecule has 3 fully saturated rings. The third-order valence-electron chi connectivity index (χ3n) is 4.12. The monoisotopic (exact) mass is 400 g/mol. The molecule has 0 aromatic rings. The fourth-order valence-electron chi connectivity index (χ4n) is 0.971. The van der Waals surface area contributed by atoms with Crippen LogP contribution in [0.5, 0.6) is 0 Å². The van der Waals surface area contributed by atoms with Gasteiger partial charge in [-0.3, -0.25) is 0 Å². The van der Waals surface area contributed by atoms with E-state index in [2.05, 4.69) is 14.2 Å². The number of aliphatic hydroxyl groups is 6. The van der Waals surface area contributed by atoms with Gasteiger partial charge < -0.3 is 44.8 Å². The summed E-state index contributed by atoms with van der Waals surface area (Å²) in [6, 6.07) is 0. The van der Waals surface area contributed by atoms with Gasteiger partial charge in [0.05, 0.1) is 79.3 Å². The van der Waals surface area contributed by atoms with E-state index >= 15 is 0 Å². The van der Waals surface area contributed by atoms with Crippen molar-refractivity contribution in [2.75, 3.05) is 79.3 Å². The molecule has 0 aromatic carbocycles. The second-order valence-corrected chi connectivity index (χ2v) is 6.49. The van der Waals surface area contributed by atoms with Crippen molar-refractivity contribution in [2.45, 2.75) is 26.7 Å². The molecule has 0 bridgehead atoms. The van der Waals surface area contributed by atoms with E-state index in [9.17, 15) is 0 Å². The van der Waals surface area contributed by atoms with E-state index in [1.807, 2.05) is 13.8 Å². The summed E-state index contributed by atoms with van der Waals surface area (Å²) in [7, 11) is 0. The summed E-state index contributed by atoms with van der Waals surface area (Å²) < 4.78 is 13.5. The quantitative estimate of drug-likeness (QED) is 0.274. The van der Waals surface area contributed by atoms with Crippen LogP contribution in [0.3, 0.4) is 0 Å². The lowest BCUT2D eigenvalue weighted by Gasteiger charge is -2.24. The summed E-state index contributed by atoms with van der Waals surface area (Å²) in [5.74, 6) is 0. The Morgan fingerprint density at radius 2 is 0.630 bits per heavy atom. The summed E-state index contributed by atoms with van der Waals surface area (Å²) >= 11 is 0. The van der Waals surface area contributed by atoms with Crippen molar-refractivity contribution in [1.82, 2.24) is 0 Å². The molecule has 3 heterocycles. The molecule has 166 valence electrons. The van der Waals surface area contributed by atoms with E-state index < -0.39 is 10.8 Å². The Kier molecular flexibility index (Phi) is 20.3. The first-order valence-corrected chi connectivity index (χ1v) is 9.37. The summed E-state index contributed by atoms with van der Waals surface area (Å²) in [6.07, 6.45) is 1.19. The van der Waals surface area contributed by atoms with Crippen LogP contribution >= 0.6 is 0 Å². The zero-order valence-electron chi connectivity index (χ0n) is 16.8. The summed E-state index contributed by atoms with van der Waals surface area (Å²) in [5.41, 5.74) is -1.33. The van der Waals surface area contributed by atoms with Crippen molar-refractivity contribution in [3.8, 4) is 0 Å². The number of hydrogen-bond donors (Lipinski definition) is 6. The van der Waals surface area contributed by atoms with Gasteiger partial charge in [-0.25, -0.2) is 0 Å². The van der Waals surface area contributed by atoms with E-state index in [0.717, 1.165) is 39.6 Å². The molecule has 3 aliphatic rings. The SMILES string of the molecule is C1CO1.C1CO1.C1CO1.CCC(CO)(CO)CO.CCC(CO)(CO)CO. The maximum Gasteiger partial charge on any atom is 0.0701 e. The van der Waals surface area contributed by atoms with Gasteiger partial charge in [0.2, 0.25) is 0 Å². The fraction of sp³-hybridized carbons (Fsp3) is 1.00. The topological polar surface area (TPSA) is 159 Å². The highest BCUT2D eigenvalue weighted by Crippen LogP contribution is 2.18. The maximum atomic E-state index is 8.66. The Labute approximate surface area is 162 Å². The second kappa shape index (κ2) is 19.0. The van der Waals surface area contributed by atoms with Gasteiger partial charge in [-0.05, 0) is 12.8 Å². The van der Waals surface area contributed by atoms with Crippen LogP contribution in [0.25, 0.3) is 0 Å². The number of aliphatic hydroxyl groups excluding tert-OH is 6. The molecule has 3 aliphatic heterocycles. The molecule has 0 unspecified atom stereocenters. The zero-order valence-corrected chi connectivity index (χ0v) is 16.8. The van der Waals surface area contributed by atoms with Crippen LogP contribution in [0, 0.1) is 10.8 Å². The molecule has 9 nitrogen and oxygen atoms in total. The molecule has 0 atom stereocenters. The van der Waals surface area contributed by atoms with Crippen LogP contribution < -0.4 is 0 Å². The largest absolute Gasteiger partial charge is 0.396 e. The molecule has 6 N–H and O–H groups in total. The molecule has 0 aromatic heterocycles. The van der Waals surface area contributed by atoms with Crippen molar-refractivity contribution < 1.29 is 44.8 Å². The van der Waals surface area contributed by atoms with E-state index in [4.69, 9.17) is 30.6 Å². The second-order valence-electron chi connectivity index (χ2n) is 6.49. The van der Waals surface area contributed by atoms with Crippen molar-refractivity contribution in [2.24, 2.45) is 10.8 Å². The lowest BCUT2D eigenvalue weighted by molar-refractivity contribution is 0.00275. The smallest absolute Gasteiger partial charge is 0.0701 e. The van der Waals surface area contributed by atoms with Crippen LogP contribution in [-0.4, -0.2) is 110 Å². The molecule has 0 spiro atoms. The highest BCUT2D eigenvalue weighted by molar-refractivity contribution is 4.74. The Balaban J connectivity index is 0. The molecule has 9 heteroatoms. The molecule has 0 aliphatic carbocycles. The van der Waals surface area contributed by atoms with Crippen molar-refractivity contribution in [3.63, 3.8) is 0 Å². The average molecular weight is 401 g/mol. The molecule has 0 radical (unpaired) electrons. The molecular weight excluding hydrogens is 360 g/mol. The first-order chi connectivity index (χ1) is 13.0. The first-order valence-electron chi connectivity index (χ1n) is 9.37. The Hall–Kier alpha value is -0.360. The fourth-order valence-corrected chi connectivity index (χ4v) is 0.971. The van der Waals surface area contributed by atoms with Gasteiger partial charge in [0, 0.05) is 10.8 Å². The van der Waals surface area contributed by atoms with Gasteiger partial charge >= 0.3 is 0 Å². The van der Waals surface area contributed by atoms with E-state index in [1.54, 1.807) is 0 Å². The number of rotatable bonds is 8. The van der Waals surface area contributed by atoms with Crippen LogP contribution in [0.2, 0.25) is 0 Å². The number of ether oxygens (including phenoxy) is 3. The maximum absolute atomic E-state index is 8.66. The number of epoxide rings is 3. The Morgan fingerprint density at radius 3 is 0.630 bits per heavy atom. The predicted octanol–water partition coefficient (Wildman–Crippen LogP) is -1.23. The van der Waals surface area contributed by atoms with Crippen LogP contribution in [-0.2, 0) is 14.2 Å². The molecule has 27 heavy (non-hydrogen) atoms. The van der Waals surface area contributed by atoms with Gasteiger partial charge in [-0.2, -0.15) is 0 Å². The molecule has 3 saturated heterocycles. The van der Waals surface area contributed by atoms with Gasteiger partial charge in [0.25, 0.3) is 0 Å². The van der Waals surface area contributed by atoms with E-state index in [0.29, 0.717) is 12.8 Å². The molecule has 3 rings (SSSR count). The Bertz CT molecular complexity index is 211. The summed E-state index contributed by atoms with van der Waals surface area (Å²) in [4.78, 5) is 0. The van der Waals surface area contributed by atoms with Crippen molar-refractivity contribution in [1.29, 1.82) is 0 Å². The predicted molar refractivity (Wildman–Crippen MR) is 100 cm³/mol. The normalized spacial score (nSPS) is 16.0. The standard InChI is InChI=1S/2C6H14O3.3C2H4O/c2*1-2-6(3-7,4-8)5-9;3*1-2-3-1/h2*7-9H,2-5H2,1H3;3*1-2H2. The molecule has 0 amide bonds. The molecular formula is C18H40O9. The van der Waals surface area contributed by atoms with Crippen LogP contribution in [0.4, 0.5) is 0 Å². The minimum Gasteiger partial charge on any atom is -0.396 e. The third kappa shape index (κ3) is 20.2. The third-order valence-corrected chi connectivity index (χ3v) is 4.12.